The topological polar surface area (TPSA) is 101 Å². The third-order valence-electron chi connectivity index (χ3n) is 4.82. The number of aromatic nitrogens is 2. The fraction of sp³-hybridized carbons (Fsp3) is 0.0870. The minimum Gasteiger partial charge on any atom is -0.337 e. The van der Waals surface area contributed by atoms with E-state index in [1.807, 2.05) is 0 Å². The van der Waals surface area contributed by atoms with Crippen molar-refractivity contribution in [3.63, 3.8) is 0 Å². The molecule has 2 N–H and O–H groups in total. The minimum atomic E-state index is -4.88. The number of anilines is 3. The second kappa shape index (κ2) is 8.75. The summed E-state index contributed by atoms with van der Waals surface area (Å²) in [5, 5.41) is 2.90. The van der Waals surface area contributed by atoms with Crippen LogP contribution < -0.4 is 10.0 Å². The molecule has 0 saturated heterocycles. The molecule has 0 radical (unpaired) electrons. The molecule has 0 aliphatic rings. The molecule has 0 spiro atoms. The van der Waals surface area contributed by atoms with Gasteiger partial charge in [-0.1, -0.05) is 36.4 Å². The number of sulfonamides is 1. The van der Waals surface area contributed by atoms with Crippen molar-refractivity contribution >= 4 is 44.2 Å². The highest BCUT2D eigenvalue weighted by atomic mass is 32.2. The Morgan fingerprint density at radius 3 is 2.12 bits per heavy atom. The highest BCUT2D eigenvalue weighted by Gasteiger charge is 2.37. The van der Waals surface area contributed by atoms with Crippen molar-refractivity contribution in [2.24, 2.45) is 0 Å². The van der Waals surface area contributed by atoms with Crippen LogP contribution in [0.4, 0.5) is 30.5 Å². The van der Waals surface area contributed by atoms with Crippen molar-refractivity contribution in [1.82, 2.24) is 9.97 Å². The largest absolute Gasteiger partial charge is 0.417 e. The third kappa shape index (κ3) is 4.84. The van der Waals surface area contributed by atoms with Crippen LogP contribution in [0.3, 0.4) is 0 Å². The molecular weight excluding hydrogens is 469 g/mol. The highest BCUT2D eigenvalue weighted by molar-refractivity contribution is 7.92. The number of fused-ring (bicyclic) bond motifs is 1. The zero-order chi connectivity index (χ0) is 24.5. The monoisotopic (exact) mass is 486 g/mol. The Balaban J connectivity index is 1.81. The number of nitrogens with one attached hydrogen (secondary N) is 2. The van der Waals surface area contributed by atoms with E-state index in [9.17, 15) is 26.4 Å². The summed E-state index contributed by atoms with van der Waals surface area (Å²) in [5.74, 6) is -0.533. The van der Waals surface area contributed by atoms with Crippen molar-refractivity contribution in [1.29, 1.82) is 0 Å². The molecular formula is C23H17F3N4O3S. The number of benzene rings is 3. The summed E-state index contributed by atoms with van der Waals surface area (Å²) in [6.45, 7) is 1.40. The summed E-state index contributed by atoms with van der Waals surface area (Å²) in [7, 11) is -4.70. The van der Waals surface area contributed by atoms with E-state index in [1.54, 1.807) is 42.5 Å². The number of alkyl halides is 3. The predicted molar refractivity (Wildman–Crippen MR) is 122 cm³/mol. The molecule has 0 aliphatic heterocycles. The maximum Gasteiger partial charge on any atom is 0.417 e. The first-order chi connectivity index (χ1) is 16.0. The molecule has 7 nitrogen and oxygen atoms in total. The predicted octanol–water partition coefficient (Wildman–Crippen LogP) is 5.40. The standard InChI is InChI=1S/C23H17F3N4O3S/c1-14(31)15-7-6-8-16(13-15)27-21-22(29-19-11-4-3-10-18(19)28-21)30-34(32,33)20-12-5-2-9-17(20)23(24,25)26/h2-13H,1H3,(H,27,28)(H,29,30). The Hall–Kier alpha value is -3.99. The van der Waals surface area contributed by atoms with Gasteiger partial charge in [-0.2, -0.15) is 13.2 Å². The third-order valence-corrected chi connectivity index (χ3v) is 6.21. The smallest absolute Gasteiger partial charge is 0.337 e. The number of rotatable bonds is 6. The molecule has 4 aromatic rings. The number of hydrogen-bond donors (Lipinski definition) is 2. The summed E-state index contributed by atoms with van der Waals surface area (Å²) < 4.78 is 68.4. The first-order valence-corrected chi connectivity index (χ1v) is 11.4. The van der Waals surface area contributed by atoms with E-state index in [2.05, 4.69) is 20.0 Å². The fourth-order valence-corrected chi connectivity index (χ4v) is 4.47. The molecule has 0 saturated carbocycles. The first kappa shape index (κ1) is 23.2. The van der Waals surface area contributed by atoms with Gasteiger partial charge in [-0.05, 0) is 43.3 Å². The molecule has 174 valence electrons. The van der Waals surface area contributed by atoms with E-state index < -0.39 is 26.7 Å². The van der Waals surface area contributed by atoms with Gasteiger partial charge in [0, 0.05) is 11.3 Å². The van der Waals surface area contributed by atoms with Crippen LogP contribution in [0.1, 0.15) is 22.8 Å². The number of carbonyl (C=O) groups excluding carboxylic acids is 1. The molecule has 3 aromatic carbocycles. The van der Waals surface area contributed by atoms with Crippen LogP contribution in [0.2, 0.25) is 0 Å². The summed E-state index contributed by atoms with van der Waals surface area (Å²) in [6.07, 6.45) is -4.88. The molecule has 0 aliphatic carbocycles. The number of Topliss-reactive ketones (excluding diaryl/α,β-unsaturated/α-hetero) is 1. The molecule has 0 amide bonds. The maximum atomic E-state index is 13.4. The van der Waals surface area contributed by atoms with E-state index in [1.165, 1.54) is 19.1 Å². The van der Waals surface area contributed by atoms with Gasteiger partial charge in [-0.3, -0.25) is 9.52 Å². The number of ketones is 1. The summed E-state index contributed by atoms with van der Waals surface area (Å²) in [6, 6.07) is 16.9. The lowest BCUT2D eigenvalue weighted by atomic mass is 10.1. The second-order valence-electron chi connectivity index (χ2n) is 7.27. The minimum absolute atomic E-state index is 0.0486. The summed E-state index contributed by atoms with van der Waals surface area (Å²) in [4.78, 5) is 19.4. The maximum absolute atomic E-state index is 13.4. The van der Waals surface area contributed by atoms with Crippen LogP contribution >= 0.6 is 0 Å². The molecule has 0 unspecified atom stereocenters. The van der Waals surface area contributed by atoms with Crippen molar-refractivity contribution in [2.75, 3.05) is 10.0 Å². The van der Waals surface area contributed by atoms with E-state index in [0.717, 1.165) is 12.1 Å². The Kier molecular flexibility index (Phi) is 5.96. The van der Waals surface area contributed by atoms with Crippen LogP contribution in [-0.2, 0) is 16.2 Å². The van der Waals surface area contributed by atoms with Gasteiger partial charge in [-0.25, -0.2) is 18.4 Å². The zero-order valence-corrected chi connectivity index (χ0v) is 18.4. The molecule has 1 aromatic heterocycles. The zero-order valence-electron chi connectivity index (χ0n) is 17.6. The normalized spacial score (nSPS) is 11.9. The fourth-order valence-electron chi connectivity index (χ4n) is 3.23. The van der Waals surface area contributed by atoms with Gasteiger partial charge in [0.05, 0.1) is 21.5 Å². The van der Waals surface area contributed by atoms with Gasteiger partial charge >= 0.3 is 6.18 Å². The van der Waals surface area contributed by atoms with Crippen LogP contribution in [-0.4, -0.2) is 24.2 Å². The number of nitrogens with zero attached hydrogens (tertiary/aromatic N) is 2. The Bertz CT molecular complexity index is 1510. The second-order valence-corrected chi connectivity index (χ2v) is 8.92. The van der Waals surface area contributed by atoms with Crippen LogP contribution in [0.15, 0.2) is 77.7 Å². The van der Waals surface area contributed by atoms with E-state index in [-0.39, 0.29) is 17.4 Å². The average molecular weight is 486 g/mol. The van der Waals surface area contributed by atoms with E-state index in [0.29, 0.717) is 28.4 Å². The van der Waals surface area contributed by atoms with Crippen LogP contribution in [0, 0.1) is 0 Å². The van der Waals surface area contributed by atoms with Crippen molar-refractivity contribution in [2.45, 2.75) is 18.0 Å². The summed E-state index contributed by atoms with van der Waals surface area (Å²) >= 11 is 0. The lowest BCUT2D eigenvalue weighted by Crippen LogP contribution is -2.20. The van der Waals surface area contributed by atoms with Gasteiger partial charge in [-0.15, -0.1) is 0 Å². The van der Waals surface area contributed by atoms with E-state index in [4.69, 9.17) is 0 Å². The molecule has 0 fully saturated rings. The number of para-hydroxylation sites is 2. The SMILES string of the molecule is CC(=O)c1cccc(Nc2nc3ccccc3nc2NS(=O)(=O)c2ccccc2C(F)(F)F)c1. The van der Waals surface area contributed by atoms with Crippen LogP contribution in [0.5, 0.6) is 0 Å². The highest BCUT2D eigenvalue weighted by Crippen LogP contribution is 2.35. The molecule has 1 heterocycles. The van der Waals surface area contributed by atoms with Crippen molar-refractivity contribution in [3.8, 4) is 0 Å². The van der Waals surface area contributed by atoms with Gasteiger partial charge < -0.3 is 5.32 Å². The molecule has 4 rings (SSSR count). The van der Waals surface area contributed by atoms with Gasteiger partial charge in [0.15, 0.2) is 17.4 Å². The van der Waals surface area contributed by atoms with Crippen LogP contribution in [0.25, 0.3) is 11.0 Å². The number of carbonyl (C=O) groups is 1. The Morgan fingerprint density at radius 2 is 1.47 bits per heavy atom. The average Bonchev–Trinajstić information content (AvgIpc) is 2.79. The quantitative estimate of drug-likeness (QED) is 0.354. The molecule has 11 heteroatoms. The van der Waals surface area contributed by atoms with Crippen molar-refractivity contribution in [3.05, 3.63) is 83.9 Å². The Morgan fingerprint density at radius 1 is 0.853 bits per heavy atom. The molecule has 34 heavy (non-hydrogen) atoms. The molecule has 0 atom stereocenters. The van der Waals surface area contributed by atoms with E-state index >= 15 is 0 Å². The van der Waals surface area contributed by atoms with Crippen molar-refractivity contribution < 1.29 is 26.4 Å². The lowest BCUT2D eigenvalue weighted by molar-refractivity contribution is -0.139. The van der Waals surface area contributed by atoms with Gasteiger partial charge in [0.1, 0.15) is 0 Å². The number of hydrogen-bond acceptors (Lipinski definition) is 6. The van der Waals surface area contributed by atoms with Gasteiger partial charge in [0.2, 0.25) is 0 Å². The Labute approximate surface area is 192 Å². The lowest BCUT2D eigenvalue weighted by Gasteiger charge is -2.16. The number of halogens is 3. The summed E-state index contributed by atoms with van der Waals surface area (Å²) in [5.41, 5.74) is 0.257. The van der Waals surface area contributed by atoms with Gasteiger partial charge in [0.25, 0.3) is 10.0 Å². The molecule has 0 bridgehead atoms. The first-order valence-electron chi connectivity index (χ1n) is 9.88.